The van der Waals surface area contributed by atoms with E-state index in [-0.39, 0.29) is 6.10 Å². The molecule has 0 unspecified atom stereocenters. The molecule has 1 heterocycles. The zero-order valence-electron chi connectivity index (χ0n) is 11.6. The summed E-state index contributed by atoms with van der Waals surface area (Å²) in [4.78, 5) is 22.7. The molecule has 1 rings (SSSR count). The van der Waals surface area contributed by atoms with Gasteiger partial charge in [0, 0.05) is 13.2 Å². The molecule has 1 aromatic heterocycles. The van der Waals surface area contributed by atoms with E-state index < -0.39 is 11.8 Å². The SMILES string of the molecule is CC(C)OCCCNC(=O)C(=O)N/N=C\c1ccco1. The number of hydrazone groups is 1. The maximum Gasteiger partial charge on any atom is 0.329 e. The summed E-state index contributed by atoms with van der Waals surface area (Å²) in [6, 6.07) is 3.36. The Morgan fingerprint density at radius 2 is 2.25 bits per heavy atom. The van der Waals surface area contributed by atoms with Gasteiger partial charge in [-0.3, -0.25) is 9.59 Å². The van der Waals surface area contributed by atoms with Crippen LogP contribution in [0.1, 0.15) is 26.0 Å². The molecule has 7 nitrogen and oxygen atoms in total. The molecule has 20 heavy (non-hydrogen) atoms. The molecule has 2 amide bonds. The number of rotatable bonds is 7. The molecular weight excluding hydrogens is 262 g/mol. The van der Waals surface area contributed by atoms with Crippen molar-refractivity contribution in [1.29, 1.82) is 0 Å². The second-order valence-corrected chi connectivity index (χ2v) is 4.24. The minimum Gasteiger partial charge on any atom is -0.463 e. The zero-order valence-corrected chi connectivity index (χ0v) is 11.6. The van der Waals surface area contributed by atoms with Crippen molar-refractivity contribution in [1.82, 2.24) is 10.7 Å². The van der Waals surface area contributed by atoms with Crippen molar-refractivity contribution >= 4 is 18.0 Å². The summed E-state index contributed by atoms with van der Waals surface area (Å²) in [7, 11) is 0. The minimum atomic E-state index is -0.822. The predicted molar refractivity (Wildman–Crippen MR) is 73.2 cm³/mol. The third-order valence-electron chi connectivity index (χ3n) is 2.17. The summed E-state index contributed by atoms with van der Waals surface area (Å²) >= 11 is 0. The van der Waals surface area contributed by atoms with E-state index in [0.29, 0.717) is 25.3 Å². The third kappa shape index (κ3) is 6.69. The van der Waals surface area contributed by atoms with Gasteiger partial charge in [-0.25, -0.2) is 5.43 Å². The highest BCUT2D eigenvalue weighted by molar-refractivity contribution is 6.35. The largest absolute Gasteiger partial charge is 0.463 e. The number of ether oxygens (including phenoxy) is 1. The Kier molecular flexibility index (Phi) is 7.05. The van der Waals surface area contributed by atoms with Gasteiger partial charge in [-0.2, -0.15) is 5.10 Å². The first kappa shape index (κ1) is 15.9. The first-order valence-corrected chi connectivity index (χ1v) is 6.36. The number of hydrogen-bond donors (Lipinski definition) is 2. The lowest BCUT2D eigenvalue weighted by molar-refractivity contribution is -0.139. The summed E-state index contributed by atoms with van der Waals surface area (Å²) < 4.78 is 10.3. The summed E-state index contributed by atoms with van der Waals surface area (Å²) in [6.45, 7) is 4.78. The lowest BCUT2D eigenvalue weighted by Crippen LogP contribution is -2.38. The van der Waals surface area contributed by atoms with Gasteiger partial charge in [-0.1, -0.05) is 0 Å². The van der Waals surface area contributed by atoms with Crippen LogP contribution in [-0.2, 0) is 14.3 Å². The van der Waals surface area contributed by atoms with E-state index in [1.807, 2.05) is 13.8 Å². The molecule has 0 aliphatic rings. The van der Waals surface area contributed by atoms with Crippen LogP contribution in [0, 0.1) is 0 Å². The van der Waals surface area contributed by atoms with E-state index in [1.54, 1.807) is 12.1 Å². The van der Waals surface area contributed by atoms with E-state index in [0.717, 1.165) is 0 Å². The van der Waals surface area contributed by atoms with Gasteiger partial charge < -0.3 is 14.5 Å². The standard InChI is InChI=1S/C13H19N3O4/c1-10(2)19-8-4-6-14-12(17)13(18)16-15-9-11-5-3-7-20-11/h3,5,7,9-10H,4,6,8H2,1-2H3,(H,14,17)(H,16,18)/b15-9-. The van der Waals surface area contributed by atoms with Crippen LogP contribution in [0.2, 0.25) is 0 Å². The Morgan fingerprint density at radius 3 is 2.90 bits per heavy atom. The minimum absolute atomic E-state index is 0.157. The number of hydrogen-bond acceptors (Lipinski definition) is 5. The molecule has 1 aromatic rings. The second-order valence-electron chi connectivity index (χ2n) is 4.24. The average Bonchev–Trinajstić information content (AvgIpc) is 2.90. The quantitative estimate of drug-likeness (QED) is 0.332. The summed E-state index contributed by atoms with van der Waals surface area (Å²) in [6.07, 6.45) is 3.59. The van der Waals surface area contributed by atoms with Gasteiger partial charge in [-0.15, -0.1) is 0 Å². The predicted octanol–water partition coefficient (Wildman–Crippen LogP) is 0.661. The van der Waals surface area contributed by atoms with Crippen LogP contribution in [0.25, 0.3) is 0 Å². The molecule has 0 saturated heterocycles. The van der Waals surface area contributed by atoms with Crippen LogP contribution in [0.5, 0.6) is 0 Å². The Morgan fingerprint density at radius 1 is 1.45 bits per heavy atom. The van der Waals surface area contributed by atoms with E-state index >= 15 is 0 Å². The van der Waals surface area contributed by atoms with Gasteiger partial charge in [0.15, 0.2) is 0 Å². The number of furan rings is 1. The zero-order chi connectivity index (χ0) is 14.8. The van der Waals surface area contributed by atoms with E-state index in [4.69, 9.17) is 9.15 Å². The normalized spacial score (nSPS) is 10.9. The van der Waals surface area contributed by atoms with Crippen LogP contribution in [-0.4, -0.2) is 37.3 Å². The number of carbonyl (C=O) groups excluding carboxylic acids is 2. The smallest absolute Gasteiger partial charge is 0.329 e. The molecule has 7 heteroatoms. The molecular formula is C13H19N3O4. The number of nitrogens with zero attached hydrogens (tertiary/aromatic N) is 1. The van der Waals surface area contributed by atoms with Gasteiger partial charge in [0.1, 0.15) is 5.76 Å². The van der Waals surface area contributed by atoms with Crippen molar-refractivity contribution in [2.45, 2.75) is 26.4 Å². The highest BCUT2D eigenvalue weighted by Gasteiger charge is 2.11. The van der Waals surface area contributed by atoms with Gasteiger partial charge >= 0.3 is 11.8 Å². The maximum atomic E-state index is 11.4. The first-order valence-electron chi connectivity index (χ1n) is 6.36. The molecule has 0 aliphatic carbocycles. The van der Waals surface area contributed by atoms with Crippen LogP contribution in [0.3, 0.4) is 0 Å². The summed E-state index contributed by atoms with van der Waals surface area (Å²) in [5.74, 6) is -1.07. The Hall–Kier alpha value is -2.15. The van der Waals surface area contributed by atoms with Gasteiger partial charge in [0.05, 0.1) is 18.6 Å². The van der Waals surface area contributed by atoms with E-state index in [2.05, 4.69) is 15.8 Å². The number of nitrogens with one attached hydrogen (secondary N) is 2. The Labute approximate surface area is 117 Å². The first-order chi connectivity index (χ1) is 9.59. The van der Waals surface area contributed by atoms with Gasteiger partial charge in [0.25, 0.3) is 0 Å². The molecule has 0 spiro atoms. The van der Waals surface area contributed by atoms with Crippen molar-refractivity contribution in [2.75, 3.05) is 13.2 Å². The molecule has 110 valence electrons. The monoisotopic (exact) mass is 281 g/mol. The fourth-order valence-electron chi connectivity index (χ4n) is 1.24. The molecule has 0 atom stereocenters. The van der Waals surface area contributed by atoms with E-state index in [1.165, 1.54) is 12.5 Å². The average molecular weight is 281 g/mol. The molecule has 0 aliphatic heterocycles. The fraction of sp³-hybridized carbons (Fsp3) is 0.462. The Balaban J connectivity index is 2.14. The fourth-order valence-corrected chi connectivity index (χ4v) is 1.24. The maximum absolute atomic E-state index is 11.4. The van der Waals surface area contributed by atoms with Crippen LogP contribution in [0.15, 0.2) is 27.9 Å². The molecule has 0 aromatic carbocycles. The number of carbonyl (C=O) groups is 2. The van der Waals surface area contributed by atoms with E-state index in [9.17, 15) is 9.59 Å². The molecule has 2 N–H and O–H groups in total. The van der Waals surface area contributed by atoms with Crippen molar-refractivity contribution in [3.63, 3.8) is 0 Å². The highest BCUT2D eigenvalue weighted by atomic mass is 16.5. The van der Waals surface area contributed by atoms with Crippen molar-refractivity contribution < 1.29 is 18.7 Å². The topological polar surface area (TPSA) is 92.9 Å². The van der Waals surface area contributed by atoms with Crippen LogP contribution < -0.4 is 10.7 Å². The van der Waals surface area contributed by atoms with Crippen molar-refractivity contribution in [2.24, 2.45) is 5.10 Å². The highest BCUT2D eigenvalue weighted by Crippen LogP contribution is 1.94. The molecule has 0 saturated carbocycles. The third-order valence-corrected chi connectivity index (χ3v) is 2.17. The lowest BCUT2D eigenvalue weighted by Gasteiger charge is -2.07. The number of amides is 2. The van der Waals surface area contributed by atoms with Crippen LogP contribution >= 0.6 is 0 Å². The second kappa shape index (κ2) is 8.87. The van der Waals surface area contributed by atoms with Gasteiger partial charge in [0.2, 0.25) is 0 Å². The molecule has 0 fully saturated rings. The summed E-state index contributed by atoms with van der Waals surface area (Å²) in [5, 5.41) is 6.07. The lowest BCUT2D eigenvalue weighted by atomic mass is 10.4. The molecule has 0 radical (unpaired) electrons. The summed E-state index contributed by atoms with van der Waals surface area (Å²) in [5.41, 5.74) is 2.11. The van der Waals surface area contributed by atoms with Gasteiger partial charge in [-0.05, 0) is 32.4 Å². The van der Waals surface area contributed by atoms with Crippen molar-refractivity contribution in [3.8, 4) is 0 Å². The molecule has 0 bridgehead atoms. The van der Waals surface area contributed by atoms with Crippen molar-refractivity contribution in [3.05, 3.63) is 24.2 Å². The Bertz CT molecular complexity index is 440. The van der Waals surface area contributed by atoms with Crippen LogP contribution in [0.4, 0.5) is 0 Å².